The molecule has 0 aromatic heterocycles. The van der Waals surface area contributed by atoms with Crippen LogP contribution in [0.2, 0.25) is 0 Å². The van der Waals surface area contributed by atoms with Gasteiger partial charge in [-0.1, -0.05) is 0 Å². The molecule has 0 amide bonds. The lowest BCUT2D eigenvalue weighted by Crippen LogP contribution is -2.47. The topological polar surface area (TPSA) is 30.9 Å². The van der Waals surface area contributed by atoms with Gasteiger partial charge in [-0.2, -0.15) is 0 Å². The molecule has 1 aromatic rings. The highest BCUT2D eigenvalue weighted by Gasteiger charge is 2.40. The van der Waals surface area contributed by atoms with E-state index >= 15 is 0 Å². The molecule has 0 bridgehead atoms. The van der Waals surface area contributed by atoms with E-state index in [0.29, 0.717) is 13.2 Å². The molecular formula is C16H20FNO3. The second kappa shape index (κ2) is 5.23. The number of likely N-dealkylation sites (tertiary alicyclic amines) is 1. The first-order valence-electron chi connectivity index (χ1n) is 7.68. The zero-order valence-corrected chi connectivity index (χ0v) is 12.0. The van der Waals surface area contributed by atoms with Crippen LogP contribution in [0, 0.1) is 5.82 Å². The fraction of sp³-hybridized carbons (Fsp3) is 0.625. The maximum Gasteiger partial charge on any atom is 0.170 e. The summed E-state index contributed by atoms with van der Waals surface area (Å²) in [5.41, 5.74) is 0.982. The van der Waals surface area contributed by atoms with Gasteiger partial charge in [0.2, 0.25) is 0 Å². The normalized spacial score (nSPS) is 27.8. The Labute approximate surface area is 123 Å². The summed E-state index contributed by atoms with van der Waals surface area (Å²) in [5.74, 6) is 0.324. The Balaban J connectivity index is 1.32. The van der Waals surface area contributed by atoms with Crippen LogP contribution in [0.4, 0.5) is 4.39 Å². The first kappa shape index (κ1) is 13.5. The number of ether oxygens (including phenoxy) is 3. The maximum absolute atomic E-state index is 13.2. The van der Waals surface area contributed by atoms with Crippen LogP contribution in [0.5, 0.6) is 5.75 Å². The fourth-order valence-corrected chi connectivity index (χ4v) is 3.54. The van der Waals surface area contributed by atoms with Crippen molar-refractivity contribution < 1.29 is 18.6 Å². The molecule has 0 saturated carbocycles. The fourth-order valence-electron chi connectivity index (χ4n) is 3.54. The number of nitrogens with zero attached hydrogens (tertiary/aromatic N) is 1. The summed E-state index contributed by atoms with van der Waals surface area (Å²) < 4.78 is 30.6. The maximum atomic E-state index is 13.2. The van der Waals surface area contributed by atoms with Gasteiger partial charge in [0.05, 0.1) is 13.2 Å². The van der Waals surface area contributed by atoms with Crippen molar-refractivity contribution in [2.24, 2.45) is 0 Å². The van der Waals surface area contributed by atoms with Crippen LogP contribution in [0.1, 0.15) is 18.4 Å². The van der Waals surface area contributed by atoms with Gasteiger partial charge in [0.1, 0.15) is 17.7 Å². The van der Waals surface area contributed by atoms with Crippen LogP contribution >= 0.6 is 0 Å². The van der Waals surface area contributed by atoms with Gasteiger partial charge in [0.25, 0.3) is 0 Å². The van der Waals surface area contributed by atoms with Gasteiger partial charge in [-0.25, -0.2) is 4.39 Å². The molecule has 4 rings (SSSR count). The standard InChI is InChI=1S/C16H20FNO3/c17-13-1-2-15-12(9-13)10-14(21-15)11-18-5-3-16(4-6-18)19-7-8-20-16/h1-2,9,14H,3-8,10-11H2. The third-order valence-corrected chi connectivity index (χ3v) is 4.66. The number of benzene rings is 1. The molecule has 5 heteroatoms. The largest absolute Gasteiger partial charge is 0.488 e. The molecule has 0 radical (unpaired) electrons. The number of rotatable bonds is 2. The number of halogens is 1. The molecule has 21 heavy (non-hydrogen) atoms. The van der Waals surface area contributed by atoms with E-state index < -0.39 is 0 Å². The Bertz CT molecular complexity index is 520. The van der Waals surface area contributed by atoms with Crippen LogP contribution in [0.15, 0.2) is 18.2 Å². The van der Waals surface area contributed by atoms with E-state index in [-0.39, 0.29) is 17.7 Å². The number of hydrogen-bond acceptors (Lipinski definition) is 4. The molecule has 3 aliphatic heterocycles. The van der Waals surface area contributed by atoms with Crippen LogP contribution < -0.4 is 4.74 Å². The Kier molecular flexibility index (Phi) is 3.36. The van der Waals surface area contributed by atoms with Crippen molar-refractivity contribution in [3.8, 4) is 5.75 Å². The molecule has 0 N–H and O–H groups in total. The lowest BCUT2D eigenvalue weighted by Gasteiger charge is -2.38. The molecule has 2 fully saturated rings. The quantitative estimate of drug-likeness (QED) is 0.834. The summed E-state index contributed by atoms with van der Waals surface area (Å²) in [4.78, 5) is 2.39. The summed E-state index contributed by atoms with van der Waals surface area (Å²) in [6.07, 6.45) is 2.76. The Morgan fingerprint density at radius 2 is 1.95 bits per heavy atom. The second-order valence-electron chi connectivity index (χ2n) is 6.10. The molecule has 2 saturated heterocycles. The van der Waals surface area contributed by atoms with Crippen molar-refractivity contribution >= 4 is 0 Å². The molecule has 1 unspecified atom stereocenters. The average Bonchev–Trinajstić information content (AvgIpc) is 3.08. The van der Waals surface area contributed by atoms with Crippen molar-refractivity contribution in [3.63, 3.8) is 0 Å². The predicted octanol–water partition coefficient (Wildman–Crippen LogP) is 1.97. The summed E-state index contributed by atoms with van der Waals surface area (Å²) >= 11 is 0. The van der Waals surface area contributed by atoms with Crippen molar-refractivity contribution in [2.75, 3.05) is 32.8 Å². The molecule has 1 spiro atoms. The lowest BCUT2D eigenvalue weighted by atomic mass is 10.0. The smallest absolute Gasteiger partial charge is 0.170 e. The second-order valence-corrected chi connectivity index (χ2v) is 6.10. The van der Waals surface area contributed by atoms with Crippen molar-refractivity contribution in [2.45, 2.75) is 31.2 Å². The molecular weight excluding hydrogens is 273 g/mol. The van der Waals surface area contributed by atoms with Crippen LogP contribution in [0.3, 0.4) is 0 Å². The van der Waals surface area contributed by atoms with Gasteiger partial charge in [-0.3, -0.25) is 4.90 Å². The van der Waals surface area contributed by atoms with Crippen molar-refractivity contribution in [1.29, 1.82) is 0 Å². The molecule has 3 aliphatic rings. The van der Waals surface area contributed by atoms with Gasteiger partial charge >= 0.3 is 0 Å². The minimum Gasteiger partial charge on any atom is -0.488 e. The first-order valence-corrected chi connectivity index (χ1v) is 7.68. The summed E-state index contributed by atoms with van der Waals surface area (Å²) in [7, 11) is 0. The summed E-state index contributed by atoms with van der Waals surface area (Å²) in [6, 6.07) is 4.78. The van der Waals surface area contributed by atoms with Gasteiger partial charge in [0.15, 0.2) is 5.79 Å². The molecule has 4 nitrogen and oxygen atoms in total. The van der Waals surface area contributed by atoms with Crippen LogP contribution in [-0.2, 0) is 15.9 Å². The van der Waals surface area contributed by atoms with Crippen molar-refractivity contribution in [3.05, 3.63) is 29.6 Å². The van der Waals surface area contributed by atoms with E-state index in [1.807, 2.05) is 0 Å². The predicted molar refractivity (Wildman–Crippen MR) is 74.8 cm³/mol. The van der Waals surface area contributed by atoms with E-state index in [4.69, 9.17) is 14.2 Å². The highest BCUT2D eigenvalue weighted by atomic mass is 19.1. The van der Waals surface area contributed by atoms with Gasteiger partial charge in [-0.15, -0.1) is 0 Å². The number of piperidine rings is 1. The SMILES string of the molecule is Fc1ccc2c(c1)CC(CN1CCC3(CC1)OCCO3)O2. The number of fused-ring (bicyclic) bond motifs is 1. The molecule has 1 aromatic carbocycles. The highest BCUT2D eigenvalue weighted by molar-refractivity contribution is 5.37. The number of hydrogen-bond donors (Lipinski definition) is 0. The average molecular weight is 293 g/mol. The highest BCUT2D eigenvalue weighted by Crippen LogP contribution is 2.33. The zero-order valence-electron chi connectivity index (χ0n) is 12.0. The Morgan fingerprint density at radius 3 is 2.71 bits per heavy atom. The van der Waals surface area contributed by atoms with Crippen LogP contribution in [0.25, 0.3) is 0 Å². The van der Waals surface area contributed by atoms with Gasteiger partial charge in [-0.05, 0) is 18.2 Å². The molecule has 3 heterocycles. The lowest BCUT2D eigenvalue weighted by molar-refractivity contribution is -0.186. The van der Waals surface area contributed by atoms with Gasteiger partial charge in [0, 0.05) is 44.5 Å². The third-order valence-electron chi connectivity index (χ3n) is 4.66. The van der Waals surface area contributed by atoms with E-state index in [2.05, 4.69) is 4.90 Å². The Hall–Kier alpha value is -1.17. The molecule has 1 atom stereocenters. The minimum atomic E-state index is -0.320. The van der Waals surface area contributed by atoms with E-state index in [1.54, 1.807) is 12.1 Å². The molecule has 114 valence electrons. The summed E-state index contributed by atoms with van der Waals surface area (Å²) in [6.45, 7) is 4.24. The summed E-state index contributed by atoms with van der Waals surface area (Å²) in [5, 5.41) is 0. The van der Waals surface area contributed by atoms with E-state index in [0.717, 1.165) is 50.2 Å². The van der Waals surface area contributed by atoms with Crippen molar-refractivity contribution in [1.82, 2.24) is 4.90 Å². The third kappa shape index (κ3) is 2.65. The minimum absolute atomic E-state index is 0.126. The molecule has 0 aliphatic carbocycles. The first-order chi connectivity index (χ1) is 10.2. The van der Waals surface area contributed by atoms with E-state index in [1.165, 1.54) is 6.07 Å². The monoisotopic (exact) mass is 293 g/mol. The van der Waals surface area contributed by atoms with E-state index in [9.17, 15) is 4.39 Å². The van der Waals surface area contributed by atoms with Gasteiger partial charge < -0.3 is 14.2 Å². The Morgan fingerprint density at radius 1 is 1.19 bits per heavy atom. The van der Waals surface area contributed by atoms with Crippen LogP contribution in [-0.4, -0.2) is 49.6 Å². The zero-order chi connectivity index (χ0) is 14.3.